The molecular formula is C21H27N3O4S. The van der Waals surface area contributed by atoms with Gasteiger partial charge in [-0.3, -0.25) is 4.79 Å². The third-order valence-electron chi connectivity index (χ3n) is 5.87. The number of fused-ring (bicyclic) bond motifs is 1. The third-order valence-corrected chi connectivity index (χ3v) is 7.85. The lowest BCUT2D eigenvalue weighted by Gasteiger charge is -2.27. The van der Waals surface area contributed by atoms with Gasteiger partial charge in [0.2, 0.25) is 10.0 Å². The van der Waals surface area contributed by atoms with Crippen LogP contribution in [-0.2, 0) is 41.1 Å². The molecule has 0 unspecified atom stereocenters. The van der Waals surface area contributed by atoms with Crippen molar-refractivity contribution in [1.82, 2.24) is 14.1 Å². The largest absolute Gasteiger partial charge is 0.379 e. The maximum Gasteiger partial charge on any atom is 0.269 e. The van der Waals surface area contributed by atoms with Crippen molar-refractivity contribution in [2.45, 2.75) is 43.9 Å². The minimum Gasteiger partial charge on any atom is -0.379 e. The Bertz CT molecular complexity index is 1090. The maximum absolute atomic E-state index is 13.4. The second-order valence-corrected chi connectivity index (χ2v) is 9.54. The first-order chi connectivity index (χ1) is 13.9. The monoisotopic (exact) mass is 417 g/mol. The Balaban J connectivity index is 1.87. The fraction of sp³-hybridized carbons (Fsp3) is 0.524. The molecule has 0 radical (unpaired) electrons. The molecule has 2 heterocycles. The van der Waals surface area contributed by atoms with Gasteiger partial charge < -0.3 is 4.74 Å². The average molecular weight is 418 g/mol. The standard InChI is InChI=1S/C21H27N3O4S/c1-3-15-8-9-16(14-19(15)29(26,27)24-10-12-28-13-11-24)20-17-6-4-5-7-18(17)21(25)23(2)22-20/h8-9,14H,3-7,10-13H2,1-2H3. The van der Waals surface area contributed by atoms with Crippen molar-refractivity contribution in [3.63, 3.8) is 0 Å². The molecule has 0 spiro atoms. The minimum absolute atomic E-state index is 0.0465. The Morgan fingerprint density at radius 2 is 1.79 bits per heavy atom. The van der Waals surface area contributed by atoms with E-state index in [-0.39, 0.29) is 5.56 Å². The average Bonchev–Trinajstić information content (AvgIpc) is 2.76. The van der Waals surface area contributed by atoms with E-state index in [4.69, 9.17) is 4.74 Å². The molecule has 0 N–H and O–H groups in total. The van der Waals surface area contributed by atoms with Crippen molar-refractivity contribution in [2.75, 3.05) is 26.3 Å². The number of rotatable bonds is 4. The van der Waals surface area contributed by atoms with Crippen LogP contribution in [0, 0.1) is 0 Å². The van der Waals surface area contributed by atoms with E-state index in [1.165, 1.54) is 8.99 Å². The summed E-state index contributed by atoms with van der Waals surface area (Å²) in [6, 6.07) is 5.55. The second-order valence-electron chi connectivity index (χ2n) is 7.63. The van der Waals surface area contributed by atoms with Gasteiger partial charge in [0.15, 0.2) is 0 Å². The summed E-state index contributed by atoms with van der Waals surface area (Å²) in [6.07, 6.45) is 4.19. The van der Waals surface area contributed by atoms with Crippen molar-refractivity contribution >= 4 is 10.0 Å². The van der Waals surface area contributed by atoms with Crippen LogP contribution >= 0.6 is 0 Å². The van der Waals surface area contributed by atoms with Crippen molar-refractivity contribution in [3.05, 3.63) is 45.2 Å². The van der Waals surface area contributed by atoms with Crippen LogP contribution in [0.5, 0.6) is 0 Å². The molecule has 0 atom stereocenters. The molecule has 1 fully saturated rings. The van der Waals surface area contributed by atoms with Crippen molar-refractivity contribution in [3.8, 4) is 11.3 Å². The van der Waals surface area contributed by atoms with Gasteiger partial charge >= 0.3 is 0 Å². The zero-order valence-corrected chi connectivity index (χ0v) is 17.8. The van der Waals surface area contributed by atoms with Crippen LogP contribution in [0.2, 0.25) is 0 Å². The first kappa shape index (κ1) is 20.3. The highest BCUT2D eigenvalue weighted by atomic mass is 32.2. The molecule has 2 aliphatic rings. The summed E-state index contributed by atoms with van der Waals surface area (Å²) in [7, 11) is -1.96. The molecule has 8 heteroatoms. The van der Waals surface area contributed by atoms with Crippen LogP contribution in [0.15, 0.2) is 27.9 Å². The highest BCUT2D eigenvalue weighted by molar-refractivity contribution is 7.89. The van der Waals surface area contributed by atoms with Gasteiger partial charge in [-0.2, -0.15) is 9.40 Å². The van der Waals surface area contributed by atoms with Gasteiger partial charge in [0.25, 0.3) is 5.56 Å². The van der Waals surface area contributed by atoms with Crippen LogP contribution < -0.4 is 5.56 Å². The summed E-state index contributed by atoms with van der Waals surface area (Å²) in [6.45, 7) is 3.51. The Morgan fingerprint density at radius 1 is 1.10 bits per heavy atom. The van der Waals surface area contributed by atoms with Crippen LogP contribution in [0.1, 0.15) is 36.5 Å². The highest BCUT2D eigenvalue weighted by Gasteiger charge is 2.29. The number of aromatic nitrogens is 2. The molecule has 1 aliphatic carbocycles. The van der Waals surface area contributed by atoms with Crippen molar-refractivity contribution in [2.24, 2.45) is 7.05 Å². The molecule has 1 saturated heterocycles. The van der Waals surface area contributed by atoms with Gasteiger partial charge in [-0.05, 0) is 49.3 Å². The number of sulfonamides is 1. The van der Waals surface area contributed by atoms with E-state index in [1.54, 1.807) is 13.1 Å². The molecule has 7 nitrogen and oxygen atoms in total. The Kier molecular flexibility index (Phi) is 5.59. The summed E-state index contributed by atoms with van der Waals surface area (Å²) in [5, 5.41) is 4.52. The van der Waals surface area contributed by atoms with Gasteiger partial charge in [-0.15, -0.1) is 0 Å². The van der Waals surface area contributed by atoms with E-state index in [2.05, 4.69) is 5.10 Å². The number of benzene rings is 1. The Labute approximate surface area is 171 Å². The topological polar surface area (TPSA) is 81.5 Å². The first-order valence-corrected chi connectivity index (χ1v) is 11.7. The summed E-state index contributed by atoms with van der Waals surface area (Å²) < 4.78 is 34.9. The predicted molar refractivity (Wildman–Crippen MR) is 111 cm³/mol. The lowest BCUT2D eigenvalue weighted by molar-refractivity contribution is 0.0730. The van der Waals surface area contributed by atoms with E-state index in [0.29, 0.717) is 37.6 Å². The predicted octanol–water partition coefficient (Wildman–Crippen LogP) is 1.91. The molecule has 0 saturated carbocycles. The van der Waals surface area contributed by atoms with Crippen LogP contribution in [0.3, 0.4) is 0 Å². The van der Waals surface area contributed by atoms with Gasteiger partial charge in [0.05, 0.1) is 23.8 Å². The van der Waals surface area contributed by atoms with Crippen molar-refractivity contribution in [1.29, 1.82) is 0 Å². The number of morpholine rings is 1. The van der Waals surface area contributed by atoms with Crippen LogP contribution in [0.25, 0.3) is 11.3 Å². The minimum atomic E-state index is -3.62. The molecule has 1 aliphatic heterocycles. The third kappa shape index (κ3) is 3.65. The number of ether oxygens (including phenoxy) is 1. The normalized spacial score (nSPS) is 17.9. The maximum atomic E-state index is 13.4. The molecule has 156 valence electrons. The fourth-order valence-corrected chi connectivity index (χ4v) is 5.97. The molecule has 2 aromatic rings. The molecule has 4 rings (SSSR count). The zero-order chi connectivity index (χ0) is 20.6. The number of hydrogen-bond donors (Lipinski definition) is 0. The molecule has 0 bridgehead atoms. The number of aryl methyl sites for hydroxylation is 2. The van der Waals surface area contributed by atoms with Crippen molar-refractivity contribution < 1.29 is 13.2 Å². The summed E-state index contributed by atoms with van der Waals surface area (Å²) in [4.78, 5) is 12.8. The van der Waals surface area contributed by atoms with Gasteiger partial charge in [0.1, 0.15) is 0 Å². The van der Waals surface area contributed by atoms with E-state index >= 15 is 0 Å². The van der Waals surface area contributed by atoms with Crippen LogP contribution in [-0.4, -0.2) is 48.8 Å². The molecule has 1 aromatic carbocycles. The molecule has 1 aromatic heterocycles. The summed E-state index contributed by atoms with van der Waals surface area (Å²) >= 11 is 0. The van der Waals surface area contributed by atoms with E-state index < -0.39 is 10.0 Å². The highest BCUT2D eigenvalue weighted by Crippen LogP contribution is 2.32. The zero-order valence-electron chi connectivity index (χ0n) is 17.0. The van der Waals surface area contributed by atoms with Gasteiger partial charge in [0, 0.05) is 31.3 Å². The van der Waals surface area contributed by atoms with Crippen LogP contribution in [0.4, 0.5) is 0 Å². The molecule has 29 heavy (non-hydrogen) atoms. The number of nitrogens with zero attached hydrogens (tertiary/aromatic N) is 3. The molecule has 0 amide bonds. The van der Waals surface area contributed by atoms with E-state index in [9.17, 15) is 13.2 Å². The first-order valence-electron chi connectivity index (χ1n) is 10.2. The second kappa shape index (κ2) is 8.01. The van der Waals surface area contributed by atoms with E-state index in [0.717, 1.165) is 53.6 Å². The quantitative estimate of drug-likeness (QED) is 0.759. The lowest BCUT2D eigenvalue weighted by Crippen LogP contribution is -2.40. The SMILES string of the molecule is CCc1ccc(-c2nn(C)c(=O)c3c2CCCC3)cc1S(=O)(=O)N1CCOCC1. The lowest BCUT2D eigenvalue weighted by atomic mass is 9.89. The molecular weight excluding hydrogens is 390 g/mol. The fourth-order valence-electron chi connectivity index (χ4n) is 4.25. The Morgan fingerprint density at radius 3 is 2.48 bits per heavy atom. The Hall–Kier alpha value is -2.03. The summed E-state index contributed by atoms with van der Waals surface area (Å²) in [5.41, 5.74) is 4.01. The smallest absolute Gasteiger partial charge is 0.269 e. The number of hydrogen-bond acceptors (Lipinski definition) is 5. The van der Waals surface area contributed by atoms with Gasteiger partial charge in [-0.1, -0.05) is 19.1 Å². The summed E-state index contributed by atoms with van der Waals surface area (Å²) in [5.74, 6) is 0. The van der Waals surface area contributed by atoms with Gasteiger partial charge in [-0.25, -0.2) is 13.1 Å². The van der Waals surface area contributed by atoms with E-state index in [1.807, 2.05) is 19.1 Å².